The summed E-state index contributed by atoms with van der Waals surface area (Å²) in [7, 11) is 0. The van der Waals surface area contributed by atoms with Crippen molar-refractivity contribution >= 4 is 50.7 Å². The molecule has 9 rings (SSSR count). The summed E-state index contributed by atoms with van der Waals surface area (Å²) in [5, 5.41) is 39.5. The summed E-state index contributed by atoms with van der Waals surface area (Å²) in [6, 6.07) is 21.6. The number of piperazine rings is 2. The normalized spacial score (nSPS) is 17.5. The second-order valence-electron chi connectivity index (χ2n) is 16.3. The zero-order valence-corrected chi connectivity index (χ0v) is 35.1. The lowest BCUT2D eigenvalue weighted by atomic mass is 9.96. The van der Waals surface area contributed by atoms with Crippen LogP contribution in [0.5, 0.6) is 0 Å². The standard InChI is InChI=1S/C44H51ClN14/c1-6-9-32-24-57(19-18-46-32)43-37(53-55-41(47-43)30-13-15-35-33(22-30)27(4)49-51-35)17-12-29-10-7-8-11-38(29)59-21-20-58(25-39(59)26(2)3)44-40(45)54-56-42(48-44)31-14-16-36-34(23-31)28(5)50-52-36/h7-8,10-11,13-16,22-23,26,32,39,46H,6,9,12,17-21,24-25H2,1-5H3,(H,49,51)(H,50,52)/t32-,39+/m0/s1. The van der Waals surface area contributed by atoms with Crippen LogP contribution in [0.2, 0.25) is 5.15 Å². The maximum absolute atomic E-state index is 6.75. The van der Waals surface area contributed by atoms with E-state index in [2.05, 4.69) is 108 Å². The highest BCUT2D eigenvalue weighted by Crippen LogP contribution is 2.34. The van der Waals surface area contributed by atoms with Gasteiger partial charge in [0.25, 0.3) is 0 Å². The number of nitrogens with one attached hydrogen (secondary N) is 3. The van der Waals surface area contributed by atoms with Crippen molar-refractivity contribution in [2.75, 3.05) is 54.0 Å². The number of hydrogen-bond donors (Lipinski definition) is 3. The van der Waals surface area contributed by atoms with Gasteiger partial charge in [-0.05, 0) is 87.1 Å². The number of halogens is 1. The van der Waals surface area contributed by atoms with Crippen molar-refractivity contribution in [1.82, 2.24) is 56.1 Å². The van der Waals surface area contributed by atoms with Crippen LogP contribution in [0.25, 0.3) is 44.6 Å². The SMILES string of the molecule is CCC[C@H]1CN(c2nc(-c3ccc4n[nH]c(C)c4c3)nnc2CCc2ccccc2N2CCN(c3nc(-c4ccc5n[nH]c(C)c5c4)nnc3Cl)C[C@@H]2C(C)C)CCN1. The van der Waals surface area contributed by atoms with E-state index >= 15 is 0 Å². The number of para-hydroxylation sites is 1. The first-order valence-corrected chi connectivity index (χ1v) is 21.2. The number of fused-ring (bicyclic) bond motifs is 2. The minimum absolute atomic E-state index is 0.202. The van der Waals surface area contributed by atoms with Crippen LogP contribution in [-0.2, 0) is 12.8 Å². The third kappa shape index (κ3) is 7.78. The molecule has 0 spiro atoms. The molecule has 0 radical (unpaired) electrons. The highest BCUT2D eigenvalue weighted by atomic mass is 35.5. The number of anilines is 3. The van der Waals surface area contributed by atoms with Crippen molar-refractivity contribution in [2.24, 2.45) is 5.92 Å². The molecule has 2 atom stereocenters. The number of aromatic amines is 2. The van der Waals surface area contributed by atoms with E-state index in [1.54, 1.807) is 0 Å². The quantitative estimate of drug-likeness (QED) is 0.122. The third-order valence-electron chi connectivity index (χ3n) is 12.0. The van der Waals surface area contributed by atoms with E-state index in [1.165, 1.54) is 11.3 Å². The van der Waals surface area contributed by atoms with Gasteiger partial charge >= 0.3 is 0 Å². The Balaban J connectivity index is 0.975. The molecule has 4 aromatic heterocycles. The maximum Gasteiger partial charge on any atom is 0.194 e. The Kier molecular flexibility index (Phi) is 10.8. The van der Waals surface area contributed by atoms with Crippen LogP contribution in [0, 0.1) is 19.8 Å². The van der Waals surface area contributed by atoms with E-state index in [-0.39, 0.29) is 6.04 Å². The topological polar surface area (TPSA) is 156 Å². The third-order valence-corrected chi connectivity index (χ3v) is 12.2. The van der Waals surface area contributed by atoms with Crippen LogP contribution < -0.4 is 20.0 Å². The van der Waals surface area contributed by atoms with Crippen molar-refractivity contribution in [3.05, 3.63) is 88.5 Å². The first-order valence-electron chi connectivity index (χ1n) is 20.9. The lowest BCUT2D eigenvalue weighted by molar-refractivity contribution is 0.416. The molecule has 2 fully saturated rings. The molecular formula is C44H51ClN14. The summed E-state index contributed by atoms with van der Waals surface area (Å²) in [4.78, 5) is 17.5. The van der Waals surface area contributed by atoms with Crippen LogP contribution in [-0.4, -0.2) is 102 Å². The molecule has 304 valence electrons. The molecule has 3 N–H and O–H groups in total. The van der Waals surface area contributed by atoms with Crippen molar-refractivity contribution in [1.29, 1.82) is 0 Å². The molecule has 2 aliphatic rings. The average Bonchev–Trinajstić information content (AvgIpc) is 3.83. The molecule has 0 saturated carbocycles. The molecule has 3 aromatic carbocycles. The Morgan fingerprint density at radius 3 is 2.10 bits per heavy atom. The summed E-state index contributed by atoms with van der Waals surface area (Å²) >= 11 is 6.75. The second kappa shape index (κ2) is 16.5. The van der Waals surface area contributed by atoms with Gasteiger partial charge in [-0.15, -0.1) is 20.4 Å². The van der Waals surface area contributed by atoms with Gasteiger partial charge in [0, 0.05) is 90.3 Å². The van der Waals surface area contributed by atoms with Crippen LogP contribution in [0.15, 0.2) is 60.7 Å². The fourth-order valence-corrected chi connectivity index (χ4v) is 8.95. The van der Waals surface area contributed by atoms with E-state index in [0.717, 1.165) is 121 Å². The van der Waals surface area contributed by atoms with Gasteiger partial charge in [-0.3, -0.25) is 10.2 Å². The Labute approximate surface area is 349 Å². The smallest absolute Gasteiger partial charge is 0.194 e. The predicted molar refractivity (Wildman–Crippen MR) is 235 cm³/mol. The maximum atomic E-state index is 6.75. The molecule has 2 saturated heterocycles. The number of H-pyrrole nitrogens is 2. The number of aromatic nitrogens is 10. The average molecular weight is 811 g/mol. The van der Waals surface area contributed by atoms with Crippen molar-refractivity contribution in [2.45, 2.75) is 72.4 Å². The number of nitrogens with zero attached hydrogens (tertiary/aromatic N) is 11. The molecule has 14 nitrogen and oxygen atoms in total. The molecule has 0 amide bonds. The lowest BCUT2D eigenvalue weighted by Crippen LogP contribution is -2.56. The van der Waals surface area contributed by atoms with E-state index in [4.69, 9.17) is 31.8 Å². The minimum atomic E-state index is 0.202. The Bertz CT molecular complexity index is 2600. The Hall–Kier alpha value is -5.73. The van der Waals surface area contributed by atoms with E-state index in [0.29, 0.717) is 34.6 Å². The van der Waals surface area contributed by atoms with E-state index < -0.39 is 0 Å². The second-order valence-corrected chi connectivity index (χ2v) is 16.6. The Morgan fingerprint density at radius 2 is 1.41 bits per heavy atom. The number of aryl methyl sites for hydroxylation is 4. The number of rotatable bonds is 11. The van der Waals surface area contributed by atoms with Crippen LogP contribution in [0.3, 0.4) is 0 Å². The lowest BCUT2D eigenvalue weighted by Gasteiger charge is -2.45. The van der Waals surface area contributed by atoms with Gasteiger partial charge in [0.2, 0.25) is 0 Å². The molecule has 6 heterocycles. The first kappa shape index (κ1) is 38.8. The molecule has 15 heteroatoms. The molecular weight excluding hydrogens is 760 g/mol. The van der Waals surface area contributed by atoms with Crippen LogP contribution >= 0.6 is 11.6 Å². The summed E-state index contributed by atoms with van der Waals surface area (Å²) in [5.74, 6) is 3.13. The highest BCUT2D eigenvalue weighted by molar-refractivity contribution is 6.31. The fraction of sp³-hybridized carbons (Fsp3) is 0.409. The van der Waals surface area contributed by atoms with Crippen molar-refractivity contribution in [3.63, 3.8) is 0 Å². The molecule has 7 aromatic rings. The van der Waals surface area contributed by atoms with E-state index in [1.807, 2.05) is 38.1 Å². The zero-order valence-electron chi connectivity index (χ0n) is 34.4. The summed E-state index contributed by atoms with van der Waals surface area (Å²) in [6.07, 6.45) is 3.77. The van der Waals surface area contributed by atoms with Crippen LogP contribution in [0.1, 0.15) is 56.3 Å². The predicted octanol–water partition coefficient (Wildman–Crippen LogP) is 7.13. The first-order chi connectivity index (χ1) is 28.7. The van der Waals surface area contributed by atoms with Gasteiger partial charge in [0.1, 0.15) is 5.69 Å². The molecule has 2 aliphatic heterocycles. The highest BCUT2D eigenvalue weighted by Gasteiger charge is 2.33. The zero-order chi connectivity index (χ0) is 40.6. The summed E-state index contributed by atoms with van der Waals surface area (Å²) < 4.78 is 0. The molecule has 59 heavy (non-hydrogen) atoms. The molecule has 0 unspecified atom stereocenters. The van der Waals surface area contributed by atoms with Gasteiger partial charge in [-0.2, -0.15) is 10.2 Å². The van der Waals surface area contributed by atoms with Gasteiger partial charge in [-0.25, -0.2) is 9.97 Å². The van der Waals surface area contributed by atoms with Gasteiger partial charge in [0.15, 0.2) is 28.4 Å². The minimum Gasteiger partial charge on any atom is -0.365 e. The monoisotopic (exact) mass is 810 g/mol. The fourth-order valence-electron chi connectivity index (χ4n) is 8.75. The van der Waals surface area contributed by atoms with Crippen molar-refractivity contribution < 1.29 is 0 Å². The Morgan fingerprint density at radius 1 is 0.746 bits per heavy atom. The summed E-state index contributed by atoms with van der Waals surface area (Å²) in [6.45, 7) is 15.8. The van der Waals surface area contributed by atoms with Crippen LogP contribution in [0.4, 0.5) is 17.3 Å². The van der Waals surface area contributed by atoms with Gasteiger partial charge in [0.05, 0.1) is 11.0 Å². The summed E-state index contributed by atoms with van der Waals surface area (Å²) in [5.41, 5.74) is 9.12. The molecule has 0 aliphatic carbocycles. The molecule has 0 bridgehead atoms. The van der Waals surface area contributed by atoms with Gasteiger partial charge in [-0.1, -0.05) is 57.0 Å². The van der Waals surface area contributed by atoms with Gasteiger partial charge < -0.3 is 20.0 Å². The largest absolute Gasteiger partial charge is 0.365 e. The number of benzene rings is 3. The number of hydrogen-bond acceptors (Lipinski definition) is 12. The van der Waals surface area contributed by atoms with E-state index in [9.17, 15) is 0 Å². The van der Waals surface area contributed by atoms with Crippen molar-refractivity contribution in [3.8, 4) is 22.8 Å².